The van der Waals surface area contributed by atoms with Crippen molar-refractivity contribution in [3.63, 3.8) is 0 Å². The maximum Gasteiger partial charge on any atom is 0.125 e. The second-order valence-corrected chi connectivity index (χ2v) is 4.72. The molecule has 0 radical (unpaired) electrons. The van der Waals surface area contributed by atoms with E-state index >= 15 is 0 Å². The van der Waals surface area contributed by atoms with Gasteiger partial charge in [-0.3, -0.25) is 0 Å². The van der Waals surface area contributed by atoms with Gasteiger partial charge in [-0.1, -0.05) is 19.9 Å². The van der Waals surface area contributed by atoms with Gasteiger partial charge in [-0.2, -0.15) is 0 Å². The lowest BCUT2D eigenvalue weighted by Crippen LogP contribution is -2.13. The molecule has 0 aliphatic carbocycles. The van der Waals surface area contributed by atoms with Crippen molar-refractivity contribution < 1.29 is 4.79 Å². The fourth-order valence-corrected chi connectivity index (χ4v) is 1.67. The summed E-state index contributed by atoms with van der Waals surface area (Å²) in [5.41, 5.74) is -0.163. The zero-order valence-corrected chi connectivity index (χ0v) is 8.36. The molecular formula is C10H14OS. The van der Waals surface area contributed by atoms with Crippen LogP contribution in [0.2, 0.25) is 0 Å². The van der Waals surface area contributed by atoms with Crippen LogP contribution in [0, 0.1) is 5.41 Å². The van der Waals surface area contributed by atoms with E-state index in [4.69, 9.17) is 0 Å². The van der Waals surface area contributed by atoms with Crippen molar-refractivity contribution in [1.29, 1.82) is 0 Å². The smallest absolute Gasteiger partial charge is 0.125 e. The van der Waals surface area contributed by atoms with Crippen molar-refractivity contribution in [3.05, 3.63) is 22.4 Å². The van der Waals surface area contributed by atoms with Crippen LogP contribution in [0.15, 0.2) is 17.5 Å². The molecule has 0 fully saturated rings. The Morgan fingerprint density at radius 1 is 1.58 bits per heavy atom. The quantitative estimate of drug-likeness (QED) is 0.654. The summed E-state index contributed by atoms with van der Waals surface area (Å²) in [6.07, 6.45) is 3.00. The van der Waals surface area contributed by atoms with E-state index in [0.717, 1.165) is 19.1 Å². The number of rotatable bonds is 4. The topological polar surface area (TPSA) is 17.1 Å². The van der Waals surface area contributed by atoms with E-state index in [-0.39, 0.29) is 5.41 Å². The van der Waals surface area contributed by atoms with E-state index in [1.54, 1.807) is 11.3 Å². The van der Waals surface area contributed by atoms with Crippen molar-refractivity contribution in [1.82, 2.24) is 0 Å². The highest BCUT2D eigenvalue weighted by atomic mass is 32.1. The fraction of sp³-hybridized carbons (Fsp3) is 0.500. The Morgan fingerprint density at radius 3 is 2.83 bits per heavy atom. The summed E-state index contributed by atoms with van der Waals surface area (Å²) in [4.78, 5) is 12.0. The molecule has 1 aromatic heterocycles. The normalized spacial score (nSPS) is 11.5. The van der Waals surface area contributed by atoms with Gasteiger partial charge in [0.05, 0.1) is 0 Å². The van der Waals surface area contributed by atoms with Crippen LogP contribution in [-0.4, -0.2) is 6.29 Å². The molecule has 1 heterocycles. The first-order chi connectivity index (χ1) is 5.64. The Labute approximate surface area is 77.4 Å². The van der Waals surface area contributed by atoms with Crippen molar-refractivity contribution in [3.8, 4) is 0 Å². The molecule has 0 saturated carbocycles. The lowest BCUT2D eigenvalue weighted by molar-refractivity contribution is -0.114. The van der Waals surface area contributed by atoms with Gasteiger partial charge in [0.15, 0.2) is 0 Å². The second-order valence-electron chi connectivity index (χ2n) is 3.69. The van der Waals surface area contributed by atoms with Crippen LogP contribution < -0.4 is 0 Å². The Balaban J connectivity index is 2.41. The highest BCUT2D eigenvalue weighted by molar-refractivity contribution is 7.09. The number of hydrogen-bond donors (Lipinski definition) is 0. The van der Waals surface area contributed by atoms with Gasteiger partial charge in [0, 0.05) is 10.3 Å². The molecule has 12 heavy (non-hydrogen) atoms. The summed E-state index contributed by atoms with van der Waals surface area (Å²) in [6.45, 7) is 3.96. The minimum Gasteiger partial charge on any atom is -0.303 e. The van der Waals surface area contributed by atoms with E-state index < -0.39 is 0 Å². The van der Waals surface area contributed by atoms with Gasteiger partial charge in [0.1, 0.15) is 6.29 Å². The van der Waals surface area contributed by atoms with E-state index in [2.05, 4.69) is 11.4 Å². The number of carbonyl (C=O) groups excluding carboxylic acids is 1. The van der Waals surface area contributed by atoms with Crippen molar-refractivity contribution >= 4 is 17.6 Å². The monoisotopic (exact) mass is 182 g/mol. The number of carbonyl (C=O) groups is 1. The average molecular weight is 182 g/mol. The van der Waals surface area contributed by atoms with Gasteiger partial charge in [0.25, 0.3) is 0 Å². The molecule has 0 atom stereocenters. The third-order valence-corrected chi connectivity index (χ3v) is 2.85. The van der Waals surface area contributed by atoms with Crippen LogP contribution in [0.5, 0.6) is 0 Å². The minimum atomic E-state index is -0.163. The SMILES string of the molecule is CC(C)(C=O)CCc1cccs1. The predicted molar refractivity (Wildman–Crippen MR) is 52.5 cm³/mol. The Bertz CT molecular complexity index is 236. The number of aryl methyl sites for hydroxylation is 1. The third-order valence-electron chi connectivity index (χ3n) is 1.91. The minimum absolute atomic E-state index is 0.163. The Hall–Kier alpha value is -0.630. The fourth-order valence-electron chi connectivity index (χ4n) is 0.959. The molecule has 2 heteroatoms. The number of aldehydes is 1. The van der Waals surface area contributed by atoms with Gasteiger partial charge >= 0.3 is 0 Å². The van der Waals surface area contributed by atoms with Gasteiger partial charge in [-0.05, 0) is 24.3 Å². The maximum absolute atomic E-state index is 10.6. The largest absolute Gasteiger partial charge is 0.303 e. The van der Waals surface area contributed by atoms with Gasteiger partial charge in [-0.25, -0.2) is 0 Å². The molecular weight excluding hydrogens is 168 g/mol. The van der Waals surface area contributed by atoms with Crippen molar-refractivity contribution in [2.45, 2.75) is 26.7 Å². The standard InChI is InChI=1S/C10H14OS/c1-10(2,8-11)6-5-9-4-3-7-12-9/h3-4,7-8H,5-6H2,1-2H3. The first-order valence-electron chi connectivity index (χ1n) is 4.13. The molecule has 0 amide bonds. The lowest BCUT2D eigenvalue weighted by Gasteiger charge is -2.14. The molecule has 0 aromatic carbocycles. The van der Waals surface area contributed by atoms with Crippen LogP contribution in [0.4, 0.5) is 0 Å². The molecule has 1 rings (SSSR count). The van der Waals surface area contributed by atoms with Gasteiger partial charge < -0.3 is 4.79 Å². The van der Waals surface area contributed by atoms with E-state index in [1.165, 1.54) is 4.88 Å². The summed E-state index contributed by atoms with van der Waals surface area (Å²) in [7, 11) is 0. The van der Waals surface area contributed by atoms with Crippen LogP contribution in [0.25, 0.3) is 0 Å². The van der Waals surface area contributed by atoms with Crippen molar-refractivity contribution in [2.24, 2.45) is 5.41 Å². The predicted octanol–water partition coefficient (Wildman–Crippen LogP) is 2.91. The van der Waals surface area contributed by atoms with Crippen LogP contribution >= 0.6 is 11.3 Å². The molecule has 1 aromatic rings. The number of thiophene rings is 1. The maximum atomic E-state index is 10.6. The molecule has 0 bridgehead atoms. The van der Waals surface area contributed by atoms with E-state index in [9.17, 15) is 4.79 Å². The molecule has 0 spiro atoms. The zero-order valence-electron chi connectivity index (χ0n) is 7.54. The molecule has 0 aliphatic rings. The summed E-state index contributed by atoms with van der Waals surface area (Å²) in [5.74, 6) is 0. The summed E-state index contributed by atoms with van der Waals surface area (Å²) < 4.78 is 0. The Morgan fingerprint density at radius 2 is 2.33 bits per heavy atom. The van der Waals surface area contributed by atoms with E-state index in [0.29, 0.717) is 0 Å². The molecule has 66 valence electrons. The molecule has 0 unspecified atom stereocenters. The van der Waals surface area contributed by atoms with Crippen molar-refractivity contribution in [2.75, 3.05) is 0 Å². The van der Waals surface area contributed by atoms with Crippen LogP contribution in [0.1, 0.15) is 25.1 Å². The first kappa shape index (κ1) is 9.46. The third kappa shape index (κ3) is 2.78. The summed E-state index contributed by atoms with van der Waals surface area (Å²) in [5, 5.41) is 2.07. The average Bonchev–Trinajstić information content (AvgIpc) is 2.53. The summed E-state index contributed by atoms with van der Waals surface area (Å²) in [6, 6.07) is 4.17. The Kier molecular flexibility index (Phi) is 3.04. The first-order valence-corrected chi connectivity index (χ1v) is 5.01. The molecule has 0 saturated heterocycles. The highest BCUT2D eigenvalue weighted by Gasteiger charge is 2.15. The van der Waals surface area contributed by atoms with Gasteiger partial charge in [0.2, 0.25) is 0 Å². The molecule has 1 nitrogen and oxygen atoms in total. The van der Waals surface area contributed by atoms with Crippen LogP contribution in [-0.2, 0) is 11.2 Å². The molecule has 0 aliphatic heterocycles. The number of hydrogen-bond acceptors (Lipinski definition) is 2. The highest BCUT2D eigenvalue weighted by Crippen LogP contribution is 2.21. The molecule has 0 N–H and O–H groups in total. The zero-order chi connectivity index (χ0) is 9.03. The van der Waals surface area contributed by atoms with E-state index in [1.807, 2.05) is 19.9 Å². The summed E-state index contributed by atoms with van der Waals surface area (Å²) >= 11 is 1.76. The lowest BCUT2D eigenvalue weighted by atomic mass is 9.89. The van der Waals surface area contributed by atoms with Crippen LogP contribution in [0.3, 0.4) is 0 Å². The van der Waals surface area contributed by atoms with Gasteiger partial charge in [-0.15, -0.1) is 11.3 Å². The second kappa shape index (κ2) is 3.85.